The number of carbonyl (C=O) groups is 2. The van der Waals surface area contributed by atoms with Gasteiger partial charge >= 0.3 is 5.97 Å². The van der Waals surface area contributed by atoms with Gasteiger partial charge < -0.3 is 23.7 Å². The number of esters is 1. The highest BCUT2D eigenvalue weighted by Crippen LogP contribution is 2.58. The third-order valence-corrected chi connectivity index (χ3v) is 12.9. The van der Waals surface area contributed by atoms with E-state index >= 15 is 0 Å². The van der Waals surface area contributed by atoms with Gasteiger partial charge in [0, 0.05) is 24.5 Å². The van der Waals surface area contributed by atoms with Gasteiger partial charge in [-0.3, -0.25) is 13.8 Å². The Morgan fingerprint density at radius 1 is 1.27 bits per heavy atom. The second-order valence-electron chi connectivity index (χ2n) is 11.3. The van der Waals surface area contributed by atoms with Crippen molar-refractivity contribution >= 4 is 30.7 Å². The van der Waals surface area contributed by atoms with Crippen molar-refractivity contribution < 1.29 is 45.9 Å². The molecule has 0 unspecified atom stereocenters. The first-order chi connectivity index (χ1) is 17.0. The predicted octanol–water partition coefficient (Wildman–Crippen LogP) is 2.96. The van der Waals surface area contributed by atoms with Crippen molar-refractivity contribution in [3.05, 3.63) is 23.3 Å². The Balaban J connectivity index is 2.27. The molecule has 5 atom stereocenters. The Morgan fingerprint density at radius 2 is 1.92 bits per heavy atom. The smallest absolute Gasteiger partial charge is 0.302 e. The summed E-state index contributed by atoms with van der Waals surface area (Å²) in [6, 6.07) is 3.15. The van der Waals surface area contributed by atoms with E-state index in [1.807, 2.05) is 0 Å². The fraction of sp³-hybridized carbons (Fsp3) is 0.680. The maximum Gasteiger partial charge on any atom is 0.302 e. The minimum Gasteiger partial charge on any atom is -0.493 e. The lowest BCUT2D eigenvalue weighted by molar-refractivity contribution is -0.148. The summed E-state index contributed by atoms with van der Waals surface area (Å²) < 4.78 is 53.9. The average molecular weight is 559 g/mol. The van der Waals surface area contributed by atoms with Gasteiger partial charge in [0.25, 0.3) is 10.1 Å². The molecule has 0 radical (unpaired) electrons. The van der Waals surface area contributed by atoms with Gasteiger partial charge in [-0.15, -0.1) is 0 Å². The van der Waals surface area contributed by atoms with Crippen LogP contribution in [0, 0.1) is 0 Å². The lowest BCUT2D eigenvalue weighted by Crippen LogP contribution is -2.65. The fourth-order valence-electron chi connectivity index (χ4n) is 5.11. The van der Waals surface area contributed by atoms with Crippen molar-refractivity contribution in [3.8, 4) is 11.5 Å². The van der Waals surface area contributed by atoms with Crippen LogP contribution in [0.1, 0.15) is 56.5 Å². The van der Waals surface area contributed by atoms with E-state index in [1.165, 1.54) is 14.0 Å². The van der Waals surface area contributed by atoms with E-state index in [0.29, 0.717) is 17.6 Å². The number of hydrogen-bond donors (Lipinski definition) is 1. The van der Waals surface area contributed by atoms with Crippen LogP contribution in [0.3, 0.4) is 0 Å². The first-order valence-corrected chi connectivity index (χ1v) is 16.9. The van der Waals surface area contributed by atoms with Crippen LogP contribution in [0.25, 0.3) is 0 Å². The first-order valence-electron chi connectivity index (χ1n) is 12.2. The van der Waals surface area contributed by atoms with Gasteiger partial charge in [0.15, 0.2) is 19.8 Å². The van der Waals surface area contributed by atoms with E-state index in [1.54, 1.807) is 12.1 Å². The van der Waals surface area contributed by atoms with Gasteiger partial charge in [-0.1, -0.05) is 20.8 Å². The third-order valence-electron chi connectivity index (χ3n) is 7.77. The molecule has 1 saturated carbocycles. The Hall–Kier alpha value is -1.99. The van der Waals surface area contributed by atoms with Crippen LogP contribution in [-0.2, 0) is 33.7 Å². The molecular formula is C25H38O10SSi. The monoisotopic (exact) mass is 558 g/mol. The minimum absolute atomic E-state index is 0.0282. The second kappa shape index (κ2) is 10.3. The summed E-state index contributed by atoms with van der Waals surface area (Å²) in [6.45, 7) is 11.5. The van der Waals surface area contributed by atoms with Gasteiger partial charge in [0.05, 0.1) is 37.6 Å². The van der Waals surface area contributed by atoms with Crippen molar-refractivity contribution in [2.75, 3.05) is 20.0 Å². The number of carbonyl (C=O) groups excluding carboxylic acids is 2. The number of rotatable bonds is 9. The summed E-state index contributed by atoms with van der Waals surface area (Å²) in [5, 5.41) is 11.6. The Kier molecular flexibility index (Phi) is 8.22. The van der Waals surface area contributed by atoms with Gasteiger partial charge in [-0.2, -0.15) is 8.42 Å². The Bertz CT molecular complexity index is 1140. The quantitative estimate of drug-likeness (QED) is 0.209. The van der Waals surface area contributed by atoms with Crippen LogP contribution < -0.4 is 9.47 Å². The van der Waals surface area contributed by atoms with Gasteiger partial charge in [0.2, 0.25) is 0 Å². The summed E-state index contributed by atoms with van der Waals surface area (Å²) in [4.78, 5) is 23.8. The Labute approximate surface area is 219 Å². The molecule has 0 amide bonds. The van der Waals surface area contributed by atoms with E-state index in [4.69, 9.17) is 22.8 Å². The maximum atomic E-state index is 12.2. The molecule has 1 aromatic carbocycles. The largest absolute Gasteiger partial charge is 0.493 e. The molecule has 1 N–H and O–H groups in total. The average Bonchev–Trinajstić information content (AvgIpc) is 3.11. The lowest BCUT2D eigenvalue weighted by Gasteiger charge is -2.51. The number of hydrogen-bond acceptors (Lipinski definition) is 10. The van der Waals surface area contributed by atoms with Crippen molar-refractivity contribution in [2.45, 2.75) is 88.5 Å². The van der Waals surface area contributed by atoms with Crippen molar-refractivity contribution in [3.63, 3.8) is 0 Å². The molecular weight excluding hydrogens is 520 g/mol. The molecule has 37 heavy (non-hydrogen) atoms. The van der Waals surface area contributed by atoms with E-state index in [9.17, 15) is 23.1 Å². The third kappa shape index (κ3) is 5.58. The molecule has 0 spiro atoms. The van der Waals surface area contributed by atoms with E-state index in [2.05, 4.69) is 33.9 Å². The molecule has 1 aromatic rings. The molecule has 1 aliphatic carbocycles. The SMILES string of the molecule is COc1ccc(C=O)c2c1O[C@@H]1[C@@H](O[Si](C)(C)C(C)(C)C)C[C@H](OS(C)(=O)=O)[C@H](O)[C@]21CCOC(C)=O. The minimum atomic E-state index is -3.97. The highest BCUT2D eigenvalue weighted by Gasteiger charge is 2.65. The standard InChI is InChI=1S/C25H38O10SSi/c1-15(27)32-12-11-25-20-16(14-26)9-10-17(31-5)21(20)33-23(25)19(35-37(7,8)24(2,3)4)13-18(22(25)28)34-36(6,29)30/h9-10,14,18-19,22-23,28H,11-13H2,1-8H3/t18-,19-,22-,23+,25-/m0/s1. The molecule has 1 fully saturated rings. The number of methoxy groups -OCH3 is 1. The van der Waals surface area contributed by atoms with E-state index < -0.39 is 54.2 Å². The summed E-state index contributed by atoms with van der Waals surface area (Å²) in [5.74, 6) is 0.0974. The van der Waals surface area contributed by atoms with Crippen molar-refractivity contribution in [1.82, 2.24) is 0 Å². The van der Waals surface area contributed by atoms with Gasteiger partial charge in [-0.05, 0) is 36.7 Å². The van der Waals surface area contributed by atoms with Crippen molar-refractivity contribution in [1.29, 1.82) is 0 Å². The number of aldehydes is 1. The van der Waals surface area contributed by atoms with Crippen molar-refractivity contribution in [2.24, 2.45) is 0 Å². The second-order valence-corrected chi connectivity index (χ2v) is 17.6. The topological polar surface area (TPSA) is 135 Å². The number of benzene rings is 1. The molecule has 0 saturated heterocycles. The van der Waals surface area contributed by atoms with Crippen LogP contribution in [0.4, 0.5) is 0 Å². The highest BCUT2D eigenvalue weighted by molar-refractivity contribution is 7.86. The summed E-state index contributed by atoms with van der Waals surface area (Å²) >= 11 is 0. The fourth-order valence-corrected chi connectivity index (χ4v) is 7.07. The number of fused-ring (bicyclic) bond motifs is 3. The number of ether oxygens (including phenoxy) is 3. The van der Waals surface area contributed by atoms with E-state index in [0.717, 1.165) is 6.26 Å². The predicted molar refractivity (Wildman–Crippen MR) is 138 cm³/mol. The highest BCUT2D eigenvalue weighted by atomic mass is 32.2. The molecule has 3 rings (SSSR count). The Morgan fingerprint density at radius 3 is 2.43 bits per heavy atom. The molecule has 1 aliphatic heterocycles. The zero-order chi connectivity index (χ0) is 28.0. The molecule has 2 aliphatic rings. The molecule has 10 nitrogen and oxygen atoms in total. The summed E-state index contributed by atoms with van der Waals surface area (Å²) in [5.41, 5.74) is -0.792. The summed E-state index contributed by atoms with van der Waals surface area (Å²) in [6.07, 6.45) is -2.54. The molecule has 0 bridgehead atoms. The van der Waals surface area contributed by atoms with Crippen LogP contribution >= 0.6 is 0 Å². The van der Waals surface area contributed by atoms with Crippen LogP contribution in [-0.4, -0.2) is 78.5 Å². The zero-order valence-electron chi connectivity index (χ0n) is 22.7. The summed E-state index contributed by atoms with van der Waals surface area (Å²) in [7, 11) is -4.96. The molecule has 1 heterocycles. The molecule has 0 aromatic heterocycles. The van der Waals surface area contributed by atoms with Crippen LogP contribution in [0.5, 0.6) is 11.5 Å². The van der Waals surface area contributed by atoms with Crippen LogP contribution in [0.15, 0.2) is 12.1 Å². The number of aliphatic hydroxyl groups is 1. The van der Waals surface area contributed by atoms with Gasteiger partial charge in [0.1, 0.15) is 18.5 Å². The normalized spacial score (nSPS) is 27.6. The number of aliphatic hydroxyl groups excluding tert-OH is 1. The lowest BCUT2D eigenvalue weighted by atomic mass is 9.62. The van der Waals surface area contributed by atoms with Crippen LogP contribution in [0.2, 0.25) is 18.1 Å². The zero-order valence-corrected chi connectivity index (χ0v) is 24.5. The van der Waals surface area contributed by atoms with Gasteiger partial charge in [-0.25, -0.2) is 0 Å². The molecule has 12 heteroatoms. The first kappa shape index (κ1) is 29.6. The maximum absolute atomic E-state index is 12.2. The molecule has 208 valence electrons. The van der Waals surface area contributed by atoms with E-state index in [-0.39, 0.29) is 35.8 Å².